The largest absolute Gasteiger partial charge is 0.396 e. The molecule has 0 bridgehead atoms. The summed E-state index contributed by atoms with van der Waals surface area (Å²) in [6, 6.07) is 3.53. The minimum atomic E-state index is -0.0588. The van der Waals surface area contributed by atoms with Gasteiger partial charge >= 0.3 is 0 Å². The first kappa shape index (κ1) is 19.4. The molecule has 0 saturated carbocycles. The van der Waals surface area contributed by atoms with Gasteiger partial charge in [0.2, 0.25) is 0 Å². The number of rotatable bonds is 8. The van der Waals surface area contributed by atoms with E-state index in [4.69, 9.17) is 5.11 Å². The Labute approximate surface area is 149 Å². The third kappa shape index (κ3) is 5.81. The van der Waals surface area contributed by atoms with Crippen molar-refractivity contribution in [2.24, 2.45) is 11.8 Å². The number of aliphatic hydroxyl groups excluding tert-OH is 1. The summed E-state index contributed by atoms with van der Waals surface area (Å²) in [4.78, 5) is 31.0. The third-order valence-electron chi connectivity index (χ3n) is 4.42. The number of anilines is 1. The van der Waals surface area contributed by atoms with Crippen molar-refractivity contribution in [2.75, 3.05) is 31.6 Å². The molecule has 1 saturated heterocycles. The number of hydrogen-bond acceptors (Lipinski definition) is 5. The summed E-state index contributed by atoms with van der Waals surface area (Å²) in [6.07, 6.45) is 4.56. The van der Waals surface area contributed by atoms with Crippen molar-refractivity contribution in [3.8, 4) is 0 Å². The van der Waals surface area contributed by atoms with Crippen LogP contribution in [0.5, 0.6) is 0 Å². The Morgan fingerprint density at radius 2 is 2.20 bits per heavy atom. The molecule has 6 nitrogen and oxygen atoms in total. The van der Waals surface area contributed by atoms with E-state index in [1.54, 1.807) is 23.2 Å². The zero-order valence-electron chi connectivity index (χ0n) is 15.2. The second-order valence-electron chi connectivity index (χ2n) is 7.09. The number of nitrogens with one attached hydrogen (secondary N) is 1. The van der Waals surface area contributed by atoms with Crippen molar-refractivity contribution in [3.63, 3.8) is 0 Å². The lowest BCUT2D eigenvalue weighted by Gasteiger charge is -2.32. The van der Waals surface area contributed by atoms with Gasteiger partial charge in [0.15, 0.2) is 0 Å². The second-order valence-corrected chi connectivity index (χ2v) is 7.09. The van der Waals surface area contributed by atoms with Crippen molar-refractivity contribution in [2.45, 2.75) is 39.5 Å². The van der Waals surface area contributed by atoms with Crippen LogP contribution in [0.4, 0.5) is 5.82 Å². The number of likely N-dealkylation sites (tertiary alicyclic amines) is 1. The van der Waals surface area contributed by atoms with Crippen LogP contribution in [0.1, 0.15) is 49.9 Å². The predicted molar refractivity (Wildman–Crippen MR) is 97.5 cm³/mol. The molecule has 2 rings (SSSR count). The molecule has 6 heteroatoms. The van der Waals surface area contributed by atoms with Crippen LogP contribution in [0.2, 0.25) is 0 Å². The number of aromatic nitrogens is 1. The fraction of sp³-hybridized carbons (Fsp3) is 0.632. The Balaban J connectivity index is 1.93. The average molecular weight is 347 g/mol. The van der Waals surface area contributed by atoms with Gasteiger partial charge < -0.3 is 15.3 Å². The Bertz CT molecular complexity index is 572. The summed E-state index contributed by atoms with van der Waals surface area (Å²) in [5.41, 5.74) is 0.546. The van der Waals surface area contributed by atoms with Crippen LogP contribution in [-0.2, 0) is 4.79 Å². The van der Waals surface area contributed by atoms with Crippen LogP contribution in [0.3, 0.4) is 0 Å². The first-order valence-electron chi connectivity index (χ1n) is 9.14. The number of piperidine rings is 1. The molecule has 1 aliphatic heterocycles. The molecular weight excluding hydrogens is 318 g/mol. The summed E-state index contributed by atoms with van der Waals surface area (Å²) >= 11 is 0. The highest BCUT2D eigenvalue weighted by Gasteiger charge is 2.29. The molecular formula is C19H29N3O3. The van der Waals surface area contributed by atoms with E-state index in [0.29, 0.717) is 49.8 Å². The number of carbonyl (C=O) groups is 2. The molecule has 1 aliphatic rings. The number of aliphatic hydroxyl groups is 1. The van der Waals surface area contributed by atoms with E-state index >= 15 is 0 Å². The number of Topliss-reactive ketones (excluding diaryl/α,β-unsaturated/α-hetero) is 1. The van der Waals surface area contributed by atoms with Gasteiger partial charge in [0.25, 0.3) is 5.91 Å². The Morgan fingerprint density at radius 3 is 2.84 bits per heavy atom. The average Bonchev–Trinajstić information content (AvgIpc) is 2.61. The van der Waals surface area contributed by atoms with Gasteiger partial charge in [-0.3, -0.25) is 9.59 Å². The number of hydrogen-bond donors (Lipinski definition) is 2. The molecule has 1 aromatic rings. The molecule has 1 unspecified atom stereocenters. The van der Waals surface area contributed by atoms with E-state index < -0.39 is 0 Å². The van der Waals surface area contributed by atoms with Gasteiger partial charge in [0.1, 0.15) is 11.6 Å². The van der Waals surface area contributed by atoms with E-state index in [1.165, 1.54) is 0 Å². The summed E-state index contributed by atoms with van der Waals surface area (Å²) in [6.45, 7) is 6.08. The molecule has 2 heterocycles. The van der Waals surface area contributed by atoms with Crippen molar-refractivity contribution >= 4 is 17.5 Å². The van der Waals surface area contributed by atoms with E-state index in [2.05, 4.69) is 10.3 Å². The van der Waals surface area contributed by atoms with Gasteiger partial charge in [0.05, 0.1) is 5.56 Å². The SMILES string of the molecule is CC(C)CC(=O)C1CCCN(C(=O)c2ccc(NCCCO)nc2)C1. The number of carbonyl (C=O) groups excluding carboxylic acids is 2. The molecule has 1 fully saturated rings. The van der Waals surface area contributed by atoms with Crippen molar-refractivity contribution in [1.82, 2.24) is 9.88 Å². The minimum absolute atomic E-state index is 0.0347. The number of nitrogens with zero attached hydrogens (tertiary/aromatic N) is 2. The van der Waals surface area contributed by atoms with Crippen LogP contribution in [0, 0.1) is 11.8 Å². The highest BCUT2D eigenvalue weighted by molar-refractivity contribution is 5.94. The van der Waals surface area contributed by atoms with Crippen molar-refractivity contribution < 1.29 is 14.7 Å². The lowest BCUT2D eigenvalue weighted by atomic mass is 9.89. The van der Waals surface area contributed by atoms with E-state index in [-0.39, 0.29) is 24.2 Å². The first-order chi connectivity index (χ1) is 12.0. The standard InChI is InChI=1S/C19H29N3O3/c1-14(2)11-17(24)16-5-3-9-22(13-16)19(25)15-6-7-18(21-12-15)20-8-4-10-23/h6-7,12,14,16,23H,3-5,8-11,13H2,1-2H3,(H,20,21). The fourth-order valence-electron chi connectivity index (χ4n) is 3.10. The molecule has 1 amide bonds. The number of ketones is 1. The normalized spacial score (nSPS) is 17.6. The topological polar surface area (TPSA) is 82.5 Å². The van der Waals surface area contributed by atoms with Crippen molar-refractivity contribution in [1.29, 1.82) is 0 Å². The summed E-state index contributed by atoms with van der Waals surface area (Å²) in [7, 11) is 0. The highest BCUT2D eigenvalue weighted by Crippen LogP contribution is 2.22. The predicted octanol–water partition coefficient (Wildman–Crippen LogP) is 2.34. The smallest absolute Gasteiger partial charge is 0.255 e. The molecule has 0 spiro atoms. The van der Waals surface area contributed by atoms with Crippen LogP contribution < -0.4 is 5.32 Å². The van der Waals surface area contributed by atoms with Gasteiger partial charge in [-0.05, 0) is 37.3 Å². The molecule has 0 aliphatic carbocycles. The van der Waals surface area contributed by atoms with Gasteiger partial charge in [-0.2, -0.15) is 0 Å². The zero-order chi connectivity index (χ0) is 18.2. The Kier molecular flexibility index (Phi) is 7.37. The van der Waals surface area contributed by atoms with Crippen LogP contribution >= 0.6 is 0 Å². The molecule has 138 valence electrons. The maximum atomic E-state index is 12.7. The Hall–Kier alpha value is -1.95. The second kappa shape index (κ2) is 9.51. The summed E-state index contributed by atoms with van der Waals surface area (Å²) < 4.78 is 0. The van der Waals surface area contributed by atoms with Crippen molar-refractivity contribution in [3.05, 3.63) is 23.9 Å². The van der Waals surface area contributed by atoms with Gasteiger partial charge in [-0.1, -0.05) is 13.8 Å². The summed E-state index contributed by atoms with van der Waals surface area (Å²) in [5.74, 6) is 1.22. The lowest BCUT2D eigenvalue weighted by Crippen LogP contribution is -2.42. The monoisotopic (exact) mass is 347 g/mol. The zero-order valence-corrected chi connectivity index (χ0v) is 15.2. The van der Waals surface area contributed by atoms with E-state index in [0.717, 1.165) is 12.8 Å². The fourth-order valence-corrected chi connectivity index (χ4v) is 3.10. The lowest BCUT2D eigenvalue weighted by molar-refractivity contribution is -0.124. The quantitative estimate of drug-likeness (QED) is 0.705. The van der Waals surface area contributed by atoms with Gasteiger partial charge in [-0.25, -0.2) is 4.98 Å². The molecule has 2 N–H and O–H groups in total. The highest BCUT2D eigenvalue weighted by atomic mass is 16.3. The first-order valence-corrected chi connectivity index (χ1v) is 9.14. The number of amides is 1. The van der Waals surface area contributed by atoms with Crippen LogP contribution in [0.15, 0.2) is 18.3 Å². The molecule has 0 aromatic carbocycles. The Morgan fingerprint density at radius 1 is 1.40 bits per heavy atom. The maximum absolute atomic E-state index is 12.7. The van der Waals surface area contributed by atoms with Gasteiger partial charge in [-0.15, -0.1) is 0 Å². The number of pyridine rings is 1. The minimum Gasteiger partial charge on any atom is -0.396 e. The van der Waals surface area contributed by atoms with Crippen LogP contribution in [-0.4, -0.2) is 52.9 Å². The van der Waals surface area contributed by atoms with E-state index in [9.17, 15) is 9.59 Å². The van der Waals surface area contributed by atoms with Crippen LogP contribution in [0.25, 0.3) is 0 Å². The molecule has 0 radical (unpaired) electrons. The maximum Gasteiger partial charge on any atom is 0.255 e. The molecule has 1 atom stereocenters. The summed E-state index contributed by atoms with van der Waals surface area (Å²) in [5, 5.41) is 11.9. The van der Waals surface area contributed by atoms with Gasteiger partial charge in [0, 0.05) is 44.8 Å². The molecule has 1 aromatic heterocycles. The van der Waals surface area contributed by atoms with E-state index in [1.807, 2.05) is 13.8 Å². The third-order valence-corrected chi connectivity index (χ3v) is 4.42. The molecule has 25 heavy (non-hydrogen) atoms.